The third-order valence-corrected chi connectivity index (χ3v) is 5.14. The fourth-order valence-corrected chi connectivity index (χ4v) is 3.66. The quantitative estimate of drug-likeness (QED) is 0.216. The highest BCUT2D eigenvalue weighted by Crippen LogP contribution is 2.39. The van der Waals surface area contributed by atoms with Crippen molar-refractivity contribution in [2.75, 3.05) is 0 Å². The molecule has 0 saturated heterocycles. The van der Waals surface area contributed by atoms with Gasteiger partial charge in [-0.2, -0.15) is 0 Å². The fraction of sp³-hybridized carbons (Fsp3) is 0. The van der Waals surface area contributed by atoms with Gasteiger partial charge in [-0.1, -0.05) is 128 Å². The van der Waals surface area contributed by atoms with Crippen molar-refractivity contribution in [3.8, 4) is 0 Å². The molecule has 0 saturated carbocycles. The summed E-state index contributed by atoms with van der Waals surface area (Å²) in [5, 5.41) is 6.40. The SMILES string of the molecule is C=C(C(=C(c1ccccc1)c1ccccc1)c1ccccc1)c1ccccc1.c1conn1. The van der Waals surface area contributed by atoms with Crippen LogP contribution in [-0.2, 0) is 0 Å². The lowest BCUT2D eigenvalue weighted by atomic mass is 9.84. The van der Waals surface area contributed by atoms with Gasteiger partial charge in [-0.3, -0.25) is 0 Å². The molecule has 4 aromatic carbocycles. The third-order valence-electron chi connectivity index (χ3n) is 5.14. The average Bonchev–Trinajstić information content (AvgIpc) is 3.49. The van der Waals surface area contributed by atoms with Gasteiger partial charge in [0.15, 0.2) is 0 Å². The maximum Gasteiger partial charge on any atom is 0.144 e. The van der Waals surface area contributed by atoms with Crippen LogP contribution in [-0.4, -0.2) is 10.4 Å². The van der Waals surface area contributed by atoms with Crippen LogP contribution < -0.4 is 0 Å². The van der Waals surface area contributed by atoms with Crippen LogP contribution in [0.4, 0.5) is 0 Å². The Morgan fingerprint density at radius 1 is 0.545 bits per heavy atom. The second kappa shape index (κ2) is 11.2. The van der Waals surface area contributed by atoms with E-state index >= 15 is 0 Å². The minimum atomic E-state index is 1.02. The molecule has 0 aliphatic rings. The van der Waals surface area contributed by atoms with Crippen LogP contribution in [0.25, 0.3) is 16.7 Å². The van der Waals surface area contributed by atoms with Crippen LogP contribution >= 0.6 is 0 Å². The highest BCUT2D eigenvalue weighted by molar-refractivity contribution is 6.17. The van der Waals surface area contributed by atoms with E-state index < -0.39 is 0 Å². The molecule has 0 N–H and O–H groups in total. The lowest BCUT2D eigenvalue weighted by molar-refractivity contribution is 0.393. The van der Waals surface area contributed by atoms with E-state index in [2.05, 4.69) is 137 Å². The number of aromatic nitrogens is 2. The lowest BCUT2D eigenvalue weighted by Crippen LogP contribution is -1.97. The van der Waals surface area contributed by atoms with E-state index in [9.17, 15) is 0 Å². The molecule has 0 fully saturated rings. The second-order valence-electron chi connectivity index (χ2n) is 7.28. The van der Waals surface area contributed by atoms with Gasteiger partial charge in [-0.25, -0.2) is 0 Å². The van der Waals surface area contributed by atoms with Gasteiger partial charge in [0.2, 0.25) is 0 Å². The molecule has 0 unspecified atom stereocenters. The molecule has 0 bridgehead atoms. The number of benzene rings is 4. The summed E-state index contributed by atoms with van der Waals surface area (Å²) in [6.07, 6.45) is 2.88. The van der Waals surface area contributed by atoms with Crippen molar-refractivity contribution >= 4 is 16.7 Å². The summed E-state index contributed by atoms with van der Waals surface area (Å²) >= 11 is 0. The van der Waals surface area contributed by atoms with Crippen molar-refractivity contribution in [2.24, 2.45) is 0 Å². The maximum atomic E-state index is 4.52. The first-order chi connectivity index (χ1) is 16.3. The van der Waals surface area contributed by atoms with Crippen LogP contribution in [0, 0.1) is 0 Å². The summed E-state index contributed by atoms with van der Waals surface area (Å²) in [4.78, 5) is 0. The van der Waals surface area contributed by atoms with Gasteiger partial charge >= 0.3 is 0 Å². The fourth-order valence-electron chi connectivity index (χ4n) is 3.66. The van der Waals surface area contributed by atoms with E-state index in [1.54, 1.807) is 0 Å². The van der Waals surface area contributed by atoms with Gasteiger partial charge in [-0.05, 0) is 39.0 Å². The van der Waals surface area contributed by atoms with Gasteiger partial charge in [0.25, 0.3) is 0 Å². The Kier molecular flexibility index (Phi) is 7.38. The predicted molar refractivity (Wildman–Crippen MR) is 135 cm³/mol. The summed E-state index contributed by atoms with van der Waals surface area (Å²) in [5.41, 5.74) is 8.04. The van der Waals surface area contributed by atoms with Crippen molar-refractivity contribution in [1.29, 1.82) is 0 Å². The summed E-state index contributed by atoms with van der Waals surface area (Å²) < 4.78 is 4.22. The van der Waals surface area contributed by atoms with Crippen molar-refractivity contribution < 1.29 is 4.52 Å². The zero-order valence-corrected chi connectivity index (χ0v) is 18.2. The number of hydrogen-bond donors (Lipinski definition) is 0. The van der Waals surface area contributed by atoms with Gasteiger partial charge in [0.1, 0.15) is 6.26 Å². The van der Waals surface area contributed by atoms with Crippen molar-refractivity contribution in [3.63, 3.8) is 0 Å². The molecular weight excluding hydrogens is 404 g/mol. The van der Waals surface area contributed by atoms with Crippen LogP contribution in [0.2, 0.25) is 0 Å². The maximum absolute atomic E-state index is 4.52. The Balaban J connectivity index is 0.000000459. The Morgan fingerprint density at radius 3 is 1.33 bits per heavy atom. The van der Waals surface area contributed by atoms with Crippen LogP contribution in [0.5, 0.6) is 0 Å². The zero-order valence-electron chi connectivity index (χ0n) is 18.2. The molecule has 5 aromatic rings. The molecule has 3 nitrogen and oxygen atoms in total. The predicted octanol–water partition coefficient (Wildman–Crippen LogP) is 7.43. The molecule has 160 valence electrons. The smallest absolute Gasteiger partial charge is 0.144 e. The van der Waals surface area contributed by atoms with Gasteiger partial charge < -0.3 is 4.52 Å². The number of rotatable bonds is 5. The summed E-state index contributed by atoms with van der Waals surface area (Å²) in [6.45, 7) is 4.52. The first kappa shape index (κ1) is 21.7. The monoisotopic (exact) mass is 428 g/mol. The van der Waals surface area contributed by atoms with Crippen molar-refractivity contribution in [2.45, 2.75) is 0 Å². The Labute approximate surface area is 194 Å². The van der Waals surface area contributed by atoms with E-state index in [0.717, 1.165) is 16.7 Å². The molecule has 0 atom stereocenters. The lowest BCUT2D eigenvalue weighted by Gasteiger charge is -2.19. The van der Waals surface area contributed by atoms with Crippen LogP contribution in [0.3, 0.4) is 0 Å². The van der Waals surface area contributed by atoms with E-state index in [1.807, 2.05) is 6.07 Å². The van der Waals surface area contributed by atoms with Crippen LogP contribution in [0.1, 0.15) is 22.3 Å². The third kappa shape index (κ3) is 5.60. The molecule has 5 rings (SSSR count). The summed E-state index contributed by atoms with van der Waals surface area (Å²) in [5.74, 6) is 0. The topological polar surface area (TPSA) is 38.9 Å². The molecule has 0 aliphatic heterocycles. The Morgan fingerprint density at radius 2 is 0.970 bits per heavy atom. The van der Waals surface area contributed by atoms with Gasteiger partial charge in [-0.15, -0.1) is 5.10 Å². The summed E-state index contributed by atoms with van der Waals surface area (Å²) in [7, 11) is 0. The van der Waals surface area contributed by atoms with Gasteiger partial charge in [0, 0.05) is 5.27 Å². The van der Waals surface area contributed by atoms with Gasteiger partial charge in [0.05, 0.1) is 6.20 Å². The molecule has 0 aliphatic carbocycles. The van der Waals surface area contributed by atoms with Crippen LogP contribution in [0.15, 0.2) is 145 Å². The molecule has 0 spiro atoms. The Hall–Kier alpha value is -4.50. The van der Waals surface area contributed by atoms with E-state index in [0.29, 0.717) is 0 Å². The Bertz CT molecular complexity index is 1220. The zero-order chi connectivity index (χ0) is 22.7. The first-order valence-corrected chi connectivity index (χ1v) is 10.7. The number of nitrogens with zero attached hydrogens (tertiary/aromatic N) is 2. The highest BCUT2D eigenvalue weighted by atomic mass is 16.5. The molecule has 0 amide bonds. The highest BCUT2D eigenvalue weighted by Gasteiger charge is 2.17. The largest absolute Gasteiger partial charge is 0.346 e. The molecule has 0 radical (unpaired) electrons. The van der Waals surface area contributed by atoms with E-state index in [-0.39, 0.29) is 0 Å². The molecule has 1 aromatic heterocycles. The van der Waals surface area contributed by atoms with E-state index in [4.69, 9.17) is 0 Å². The molecular formula is C30H24N2O. The molecule has 1 heterocycles. The molecule has 33 heavy (non-hydrogen) atoms. The average molecular weight is 429 g/mol. The summed E-state index contributed by atoms with van der Waals surface area (Å²) in [6, 6.07) is 42.1. The minimum absolute atomic E-state index is 1.02. The minimum Gasteiger partial charge on any atom is -0.346 e. The van der Waals surface area contributed by atoms with Crippen molar-refractivity contribution in [1.82, 2.24) is 10.4 Å². The number of allylic oxidation sites excluding steroid dienone is 2. The standard InChI is InChI=1S/C28H22.C2H2N2O/c1-22(23-14-6-2-7-15-23)27(24-16-8-3-9-17-24)28(25-18-10-4-11-19-25)26-20-12-5-13-21-26;1-2-5-4-3-1/h2-21H,1H2;1-2H. The molecule has 3 heteroatoms. The second-order valence-corrected chi connectivity index (χ2v) is 7.28. The van der Waals surface area contributed by atoms with E-state index in [1.165, 1.54) is 34.7 Å². The number of hydrogen-bond acceptors (Lipinski definition) is 3. The van der Waals surface area contributed by atoms with Crippen molar-refractivity contribution in [3.05, 3.63) is 163 Å². The first-order valence-electron chi connectivity index (χ1n) is 10.7. The normalized spacial score (nSPS) is 9.94.